The van der Waals surface area contributed by atoms with Crippen molar-refractivity contribution >= 4 is 92.3 Å². The maximum atomic E-state index is 5.72. The highest BCUT2D eigenvalue weighted by molar-refractivity contribution is 6.35. The molecule has 0 spiro atoms. The average Bonchev–Trinajstić information content (AvgIpc) is 3.86. The predicted octanol–water partition coefficient (Wildman–Crippen LogP) is 14.2. The van der Waals surface area contributed by atoms with E-state index in [1.807, 2.05) is 0 Å². The number of nitrogens with zero attached hydrogens (tertiary/aromatic N) is 4. The number of para-hydroxylation sites is 2. The third kappa shape index (κ3) is 3.89. The molecule has 59 heavy (non-hydrogen) atoms. The van der Waals surface area contributed by atoms with Gasteiger partial charge in [-0.2, -0.15) is 0 Å². The van der Waals surface area contributed by atoms with Crippen LogP contribution in [-0.4, -0.2) is 18.9 Å². The Kier molecular flexibility index (Phi) is 5.81. The molecule has 14 rings (SSSR count). The van der Waals surface area contributed by atoms with Crippen LogP contribution in [0.4, 0.5) is 0 Å². The summed E-state index contributed by atoms with van der Waals surface area (Å²) in [5.41, 5.74) is 14.0. The van der Waals surface area contributed by atoms with Crippen molar-refractivity contribution in [3.8, 4) is 28.3 Å². The third-order valence-corrected chi connectivity index (χ3v) is 13.6. The fraction of sp³-hybridized carbons (Fsp3) is 0.0545. The SMILES string of the molecule is CC1(C)c2ccccc2-c2ccc(-c3nc(-n4c5cccc6c5c5c(cc7ccccc7c54)c4cccc5c7ccccc7n6c45)nc4c3ccc3ccccc34)cc21. The van der Waals surface area contributed by atoms with Crippen LogP contribution < -0.4 is 0 Å². The van der Waals surface area contributed by atoms with Crippen molar-refractivity contribution in [3.63, 3.8) is 0 Å². The van der Waals surface area contributed by atoms with Crippen molar-refractivity contribution in [2.75, 3.05) is 0 Å². The summed E-state index contributed by atoms with van der Waals surface area (Å²) in [5.74, 6) is 0.669. The molecule has 0 aliphatic heterocycles. The molecule has 0 unspecified atom stereocenters. The summed E-state index contributed by atoms with van der Waals surface area (Å²) in [6.07, 6.45) is 0. The van der Waals surface area contributed by atoms with E-state index in [-0.39, 0.29) is 5.41 Å². The molecule has 1 aliphatic rings. The van der Waals surface area contributed by atoms with Crippen LogP contribution >= 0.6 is 0 Å². The Balaban J connectivity index is 1.18. The first-order valence-corrected chi connectivity index (χ1v) is 20.5. The Morgan fingerprint density at radius 2 is 1.10 bits per heavy atom. The molecule has 0 amide bonds. The summed E-state index contributed by atoms with van der Waals surface area (Å²) < 4.78 is 4.87. The van der Waals surface area contributed by atoms with E-state index in [9.17, 15) is 0 Å². The normalized spacial score (nSPS) is 13.7. The summed E-state index contributed by atoms with van der Waals surface area (Å²) in [7, 11) is 0. The van der Waals surface area contributed by atoms with Crippen LogP contribution in [0.1, 0.15) is 25.0 Å². The smallest absolute Gasteiger partial charge is 0.235 e. The summed E-state index contributed by atoms with van der Waals surface area (Å²) in [6, 6.07) is 62.5. The lowest BCUT2D eigenvalue weighted by atomic mass is 9.82. The monoisotopic (exact) mass is 750 g/mol. The van der Waals surface area contributed by atoms with Crippen molar-refractivity contribution in [1.29, 1.82) is 0 Å². The fourth-order valence-corrected chi connectivity index (χ4v) is 11.0. The first-order valence-electron chi connectivity index (χ1n) is 20.5. The standard InChI is InChI=1S/C55H34N4/c1-55(2)43-21-9-7-17-36(43)37-27-26-33(30-44(37)55)50-41-28-25-31-13-3-5-15-34(31)51(41)57-54(56-50)59-47-24-12-23-46-49(47)48-42(29-32-14-4-6-16-35(32)53(48)59)40-20-11-19-39-38-18-8-10-22-45(38)58(46)52(39)40/h3-30H,1-2H3. The number of aromatic nitrogens is 4. The Bertz CT molecular complexity index is 3990. The van der Waals surface area contributed by atoms with Crippen molar-refractivity contribution in [2.24, 2.45) is 0 Å². The van der Waals surface area contributed by atoms with Crippen LogP contribution in [-0.2, 0) is 5.41 Å². The van der Waals surface area contributed by atoms with Crippen molar-refractivity contribution in [3.05, 3.63) is 181 Å². The Morgan fingerprint density at radius 1 is 0.424 bits per heavy atom. The van der Waals surface area contributed by atoms with Gasteiger partial charge in [0.1, 0.15) is 0 Å². The van der Waals surface area contributed by atoms with Gasteiger partial charge >= 0.3 is 0 Å². The zero-order chi connectivity index (χ0) is 38.7. The zero-order valence-electron chi connectivity index (χ0n) is 32.5. The molecule has 9 aromatic carbocycles. The van der Waals surface area contributed by atoms with Gasteiger partial charge < -0.3 is 4.40 Å². The molecule has 0 N–H and O–H groups in total. The number of hydrogen-bond donors (Lipinski definition) is 0. The molecular formula is C55H34N4. The quantitative estimate of drug-likeness (QED) is 0.165. The van der Waals surface area contributed by atoms with Crippen molar-refractivity contribution < 1.29 is 0 Å². The van der Waals surface area contributed by atoms with E-state index in [0.29, 0.717) is 5.95 Å². The van der Waals surface area contributed by atoms with E-state index in [1.54, 1.807) is 0 Å². The summed E-state index contributed by atoms with van der Waals surface area (Å²) >= 11 is 0. The summed E-state index contributed by atoms with van der Waals surface area (Å²) in [5, 5.41) is 13.1. The van der Waals surface area contributed by atoms with Gasteiger partial charge in [-0.25, -0.2) is 9.97 Å². The van der Waals surface area contributed by atoms with Gasteiger partial charge in [0.2, 0.25) is 5.95 Å². The van der Waals surface area contributed by atoms with Gasteiger partial charge in [0, 0.05) is 54.1 Å². The van der Waals surface area contributed by atoms with Crippen LogP contribution in [0.25, 0.3) is 121 Å². The number of benzene rings is 9. The Labute approximate surface area is 338 Å². The van der Waals surface area contributed by atoms with E-state index in [4.69, 9.17) is 9.97 Å². The van der Waals surface area contributed by atoms with E-state index >= 15 is 0 Å². The molecular weight excluding hydrogens is 717 g/mol. The molecule has 4 aromatic heterocycles. The van der Waals surface area contributed by atoms with Crippen LogP contribution in [0.3, 0.4) is 0 Å². The minimum absolute atomic E-state index is 0.142. The van der Waals surface area contributed by atoms with Gasteiger partial charge in [-0.05, 0) is 74.8 Å². The first-order chi connectivity index (χ1) is 29.0. The summed E-state index contributed by atoms with van der Waals surface area (Å²) in [4.78, 5) is 11.4. The largest absolute Gasteiger partial charge is 0.308 e. The Morgan fingerprint density at radius 3 is 2.00 bits per heavy atom. The predicted molar refractivity (Wildman–Crippen MR) is 247 cm³/mol. The molecule has 0 saturated carbocycles. The van der Waals surface area contributed by atoms with Crippen LogP contribution in [0.5, 0.6) is 0 Å². The first kappa shape index (κ1) is 31.5. The minimum Gasteiger partial charge on any atom is -0.308 e. The lowest BCUT2D eigenvalue weighted by Crippen LogP contribution is -2.15. The van der Waals surface area contributed by atoms with Gasteiger partial charge in [0.15, 0.2) is 0 Å². The summed E-state index contributed by atoms with van der Waals surface area (Å²) in [6.45, 7) is 4.70. The van der Waals surface area contributed by atoms with E-state index in [0.717, 1.165) is 44.0 Å². The molecule has 0 radical (unpaired) electrons. The molecule has 4 heterocycles. The van der Waals surface area contributed by atoms with E-state index in [1.165, 1.54) is 81.9 Å². The molecule has 4 nitrogen and oxygen atoms in total. The fourth-order valence-electron chi connectivity index (χ4n) is 11.0. The number of fused-ring (bicyclic) bond motifs is 13. The highest BCUT2D eigenvalue weighted by Gasteiger charge is 2.35. The van der Waals surface area contributed by atoms with Crippen molar-refractivity contribution in [2.45, 2.75) is 19.3 Å². The second-order valence-corrected chi connectivity index (χ2v) is 16.9. The van der Waals surface area contributed by atoms with Gasteiger partial charge in [-0.3, -0.25) is 4.57 Å². The molecule has 0 fully saturated rings. The van der Waals surface area contributed by atoms with E-state index in [2.05, 4.69) is 193 Å². The number of hydrogen-bond acceptors (Lipinski definition) is 2. The number of rotatable bonds is 2. The highest BCUT2D eigenvalue weighted by atomic mass is 15.2. The topological polar surface area (TPSA) is 35.1 Å². The maximum absolute atomic E-state index is 5.72. The zero-order valence-corrected chi connectivity index (χ0v) is 32.5. The molecule has 13 aromatic rings. The molecule has 0 bridgehead atoms. The van der Waals surface area contributed by atoms with Crippen LogP contribution in [0, 0.1) is 0 Å². The van der Waals surface area contributed by atoms with Crippen LogP contribution in [0.15, 0.2) is 170 Å². The molecule has 1 aliphatic carbocycles. The molecule has 0 saturated heterocycles. The van der Waals surface area contributed by atoms with E-state index < -0.39 is 0 Å². The highest BCUT2D eigenvalue weighted by Crippen LogP contribution is 2.51. The second kappa shape index (κ2) is 10.9. The maximum Gasteiger partial charge on any atom is 0.235 e. The van der Waals surface area contributed by atoms with Crippen molar-refractivity contribution in [1.82, 2.24) is 18.9 Å². The average molecular weight is 751 g/mol. The lowest BCUT2D eigenvalue weighted by molar-refractivity contribution is 0.660. The Hall–Kier alpha value is -7.56. The van der Waals surface area contributed by atoms with Gasteiger partial charge in [-0.15, -0.1) is 0 Å². The third-order valence-electron chi connectivity index (χ3n) is 13.6. The van der Waals surface area contributed by atoms with Crippen LogP contribution in [0.2, 0.25) is 0 Å². The molecule has 4 heteroatoms. The van der Waals surface area contributed by atoms with Gasteiger partial charge in [0.25, 0.3) is 0 Å². The minimum atomic E-state index is -0.142. The van der Waals surface area contributed by atoms with Gasteiger partial charge in [-0.1, -0.05) is 147 Å². The second-order valence-electron chi connectivity index (χ2n) is 16.9. The molecule has 0 atom stereocenters. The lowest BCUT2D eigenvalue weighted by Gasteiger charge is -2.22. The molecule has 274 valence electrons. The van der Waals surface area contributed by atoms with Gasteiger partial charge in [0.05, 0.1) is 38.8 Å².